The van der Waals surface area contributed by atoms with Gasteiger partial charge in [0.15, 0.2) is 5.82 Å². The van der Waals surface area contributed by atoms with Gasteiger partial charge in [0, 0.05) is 12.0 Å². The van der Waals surface area contributed by atoms with Crippen LogP contribution in [0.2, 0.25) is 5.02 Å². The van der Waals surface area contributed by atoms with E-state index in [1.54, 1.807) is 0 Å². The molecule has 1 heterocycles. The van der Waals surface area contributed by atoms with E-state index in [1.165, 1.54) is 12.1 Å². The first kappa shape index (κ1) is 16.8. The van der Waals surface area contributed by atoms with Crippen LogP contribution in [-0.4, -0.2) is 16.4 Å². The van der Waals surface area contributed by atoms with Crippen molar-refractivity contribution in [3.8, 4) is 11.4 Å². The first-order chi connectivity index (χ1) is 11.0. The topological polar surface area (TPSA) is 44.1 Å². The summed E-state index contributed by atoms with van der Waals surface area (Å²) in [6, 6.07) is 2.42. The molecule has 0 amide bonds. The Bertz CT molecular complexity index is 826. The van der Waals surface area contributed by atoms with E-state index in [4.69, 9.17) is 39.5 Å². The van der Waals surface area contributed by atoms with E-state index < -0.39 is 5.82 Å². The fraction of sp³-hybridized carbons (Fsp3) is 0.286. The fourth-order valence-corrected chi connectivity index (χ4v) is 3.19. The van der Waals surface area contributed by atoms with E-state index >= 15 is 0 Å². The van der Waals surface area contributed by atoms with E-state index in [0.717, 1.165) is 39.9 Å². The predicted molar refractivity (Wildman–Crippen MR) is 89.9 cm³/mol. The third kappa shape index (κ3) is 3.88. The maximum Gasteiger partial charge on any atom is 0.329 e. The van der Waals surface area contributed by atoms with E-state index in [9.17, 15) is 9.18 Å². The van der Waals surface area contributed by atoms with Crippen LogP contribution in [0.4, 0.5) is 4.39 Å². The molecule has 1 aliphatic rings. The minimum atomic E-state index is -0.650. The maximum absolute atomic E-state index is 14.2. The van der Waals surface area contributed by atoms with Gasteiger partial charge in [-0.05, 0) is 25.0 Å². The molecule has 3 rings (SSSR count). The van der Waals surface area contributed by atoms with Gasteiger partial charge in [-0.25, -0.2) is 4.39 Å². The molecule has 0 atom stereocenters. The largest absolute Gasteiger partial charge is 0.488 e. The Kier molecular flexibility index (Phi) is 4.96. The van der Waals surface area contributed by atoms with Gasteiger partial charge in [-0.2, -0.15) is 9.78 Å². The molecule has 2 aromatic rings. The molecule has 122 valence electrons. The first-order valence-electron chi connectivity index (χ1n) is 6.69. The summed E-state index contributed by atoms with van der Waals surface area (Å²) in [6.45, 7) is 0.0619. The van der Waals surface area contributed by atoms with Gasteiger partial charge in [0.25, 0.3) is 0 Å². The Morgan fingerprint density at radius 1 is 1.48 bits per heavy atom. The second kappa shape index (κ2) is 6.81. The summed E-state index contributed by atoms with van der Waals surface area (Å²) in [5.41, 5.74) is -0.00139. The second-order valence-electron chi connectivity index (χ2n) is 4.93. The zero-order valence-corrected chi connectivity index (χ0v) is 14.6. The van der Waals surface area contributed by atoms with Crippen molar-refractivity contribution >= 4 is 46.1 Å². The van der Waals surface area contributed by atoms with Crippen molar-refractivity contribution in [3.63, 3.8) is 0 Å². The lowest BCUT2D eigenvalue weighted by atomic mass is 10.3. The third-order valence-electron chi connectivity index (χ3n) is 3.20. The molecule has 4 nitrogen and oxygen atoms in total. The molecular formula is C14H10Cl3FN2O2S. The molecule has 0 aliphatic heterocycles. The highest BCUT2D eigenvalue weighted by Crippen LogP contribution is 2.40. The van der Waals surface area contributed by atoms with Crippen LogP contribution in [0.15, 0.2) is 27.5 Å². The third-order valence-corrected chi connectivity index (χ3v) is 4.77. The van der Waals surface area contributed by atoms with Gasteiger partial charge >= 0.3 is 4.87 Å². The van der Waals surface area contributed by atoms with Crippen LogP contribution < -0.4 is 9.61 Å². The number of ether oxygens (including phenoxy) is 1. The normalized spacial score (nSPS) is 13.9. The molecule has 0 bridgehead atoms. The van der Waals surface area contributed by atoms with Gasteiger partial charge in [0.05, 0.1) is 5.02 Å². The van der Waals surface area contributed by atoms with Gasteiger partial charge in [0.2, 0.25) is 0 Å². The van der Waals surface area contributed by atoms with Crippen LogP contribution in [-0.2, 0) is 0 Å². The van der Waals surface area contributed by atoms with E-state index in [-0.39, 0.29) is 32.4 Å². The number of benzene rings is 1. The predicted octanol–water partition coefficient (Wildman–Crippen LogP) is 4.66. The number of hydrogen-bond acceptors (Lipinski definition) is 4. The molecule has 1 aromatic heterocycles. The van der Waals surface area contributed by atoms with Crippen molar-refractivity contribution in [3.05, 3.63) is 48.2 Å². The summed E-state index contributed by atoms with van der Waals surface area (Å²) in [5, 5.41) is 5.02. The molecule has 0 saturated heterocycles. The second-order valence-corrected chi connectivity index (χ2v) is 7.32. The number of halogens is 4. The number of hydrogen-bond donors (Lipinski definition) is 0. The van der Waals surface area contributed by atoms with Crippen molar-refractivity contribution in [1.29, 1.82) is 0 Å². The molecule has 1 aliphatic carbocycles. The Morgan fingerprint density at radius 3 is 2.87 bits per heavy atom. The average molecular weight is 396 g/mol. The van der Waals surface area contributed by atoms with E-state index in [0.29, 0.717) is 5.92 Å². The Balaban J connectivity index is 1.95. The number of aromatic nitrogens is 2. The van der Waals surface area contributed by atoms with Crippen molar-refractivity contribution in [2.75, 3.05) is 6.61 Å². The van der Waals surface area contributed by atoms with E-state index in [1.807, 2.05) is 0 Å². The smallest absolute Gasteiger partial charge is 0.329 e. The van der Waals surface area contributed by atoms with Gasteiger partial charge in [-0.1, -0.05) is 46.1 Å². The lowest BCUT2D eigenvalue weighted by molar-refractivity contribution is 0.362. The minimum absolute atomic E-state index is 0.00139. The molecule has 0 N–H and O–H groups in total. The fourth-order valence-electron chi connectivity index (χ4n) is 1.93. The van der Waals surface area contributed by atoms with Crippen molar-refractivity contribution < 1.29 is 9.13 Å². The minimum Gasteiger partial charge on any atom is -0.488 e. The highest BCUT2D eigenvalue weighted by molar-refractivity contribution is 7.09. The average Bonchev–Trinajstić information content (AvgIpc) is 3.25. The van der Waals surface area contributed by atoms with Crippen LogP contribution >= 0.6 is 46.1 Å². The number of nitrogens with zero attached hydrogens (tertiary/aromatic N) is 2. The summed E-state index contributed by atoms with van der Waals surface area (Å²) in [4.78, 5) is 11.7. The lowest BCUT2D eigenvalue weighted by Crippen LogP contribution is -2.14. The maximum atomic E-state index is 14.2. The van der Waals surface area contributed by atoms with Gasteiger partial charge in [-0.15, -0.1) is 0 Å². The molecular weight excluding hydrogens is 386 g/mol. The van der Waals surface area contributed by atoms with Gasteiger partial charge in [-0.3, -0.25) is 4.79 Å². The molecule has 23 heavy (non-hydrogen) atoms. The Morgan fingerprint density at radius 2 is 2.22 bits per heavy atom. The van der Waals surface area contributed by atoms with Crippen LogP contribution in [0.1, 0.15) is 23.8 Å². The first-order valence-corrected chi connectivity index (χ1v) is 8.64. The Hall–Kier alpha value is -1.08. The SMILES string of the molecule is O=c1sc(C2CC2)nn1-c1cc(OCC=C(Cl)Cl)c(Cl)cc1F. The molecule has 0 spiro atoms. The summed E-state index contributed by atoms with van der Waals surface area (Å²) < 4.78 is 20.7. The summed E-state index contributed by atoms with van der Waals surface area (Å²) in [7, 11) is 0. The van der Waals surface area contributed by atoms with Crippen molar-refractivity contribution in [2.24, 2.45) is 0 Å². The highest BCUT2D eigenvalue weighted by Gasteiger charge is 2.28. The molecule has 1 fully saturated rings. The lowest BCUT2D eigenvalue weighted by Gasteiger charge is -2.09. The number of rotatable bonds is 5. The molecule has 1 aromatic carbocycles. The summed E-state index contributed by atoms with van der Waals surface area (Å²) in [5.74, 6) is -0.124. The van der Waals surface area contributed by atoms with Crippen LogP contribution in [0, 0.1) is 5.82 Å². The highest BCUT2D eigenvalue weighted by atomic mass is 35.5. The van der Waals surface area contributed by atoms with Crippen LogP contribution in [0.25, 0.3) is 5.69 Å². The quantitative estimate of drug-likeness (QED) is 0.739. The monoisotopic (exact) mass is 394 g/mol. The summed E-state index contributed by atoms with van der Waals surface area (Å²) >= 11 is 18.0. The Labute approximate surface area is 150 Å². The molecule has 1 saturated carbocycles. The summed E-state index contributed by atoms with van der Waals surface area (Å²) in [6.07, 6.45) is 3.44. The zero-order chi connectivity index (χ0) is 16.6. The standard InChI is InChI=1S/C14H10Cl3FN2O2S/c15-8-5-9(18)10(6-11(8)22-4-3-12(16)17)20-14(21)23-13(19-20)7-1-2-7/h3,5-7H,1-2,4H2. The molecule has 0 radical (unpaired) electrons. The van der Waals surface area contributed by atoms with E-state index in [2.05, 4.69) is 5.10 Å². The van der Waals surface area contributed by atoms with Gasteiger partial charge in [0.1, 0.15) is 27.5 Å². The van der Waals surface area contributed by atoms with Crippen molar-refractivity contribution in [2.45, 2.75) is 18.8 Å². The molecule has 0 unspecified atom stereocenters. The van der Waals surface area contributed by atoms with Crippen molar-refractivity contribution in [1.82, 2.24) is 9.78 Å². The van der Waals surface area contributed by atoms with Gasteiger partial charge < -0.3 is 4.74 Å². The molecule has 9 heteroatoms. The van der Waals surface area contributed by atoms with Crippen LogP contribution in [0.5, 0.6) is 5.75 Å². The van der Waals surface area contributed by atoms with Crippen LogP contribution in [0.3, 0.4) is 0 Å². The zero-order valence-electron chi connectivity index (χ0n) is 11.6.